The number of amides is 1. The first-order valence-electron chi connectivity index (χ1n) is 5.35. The predicted molar refractivity (Wildman–Crippen MR) is 68.0 cm³/mol. The van der Waals surface area contributed by atoms with E-state index >= 15 is 0 Å². The van der Waals surface area contributed by atoms with Gasteiger partial charge in [0.25, 0.3) is 5.91 Å². The molecular weight excluding hydrogens is 256 g/mol. The molecule has 0 aliphatic rings. The molecule has 7 heteroatoms. The van der Waals surface area contributed by atoms with E-state index in [4.69, 9.17) is 0 Å². The van der Waals surface area contributed by atoms with Gasteiger partial charge in [0, 0.05) is 12.1 Å². The number of aryl methyl sites for hydroxylation is 1. The van der Waals surface area contributed by atoms with Gasteiger partial charge in [-0.15, -0.1) is 0 Å². The number of phenolic OH excluding ortho intramolecular Hbond substituents is 1. The third kappa shape index (κ3) is 4.01. The van der Waals surface area contributed by atoms with Gasteiger partial charge in [0.15, 0.2) is 0 Å². The number of benzene rings is 1. The van der Waals surface area contributed by atoms with Crippen LogP contribution in [0.1, 0.15) is 15.9 Å². The van der Waals surface area contributed by atoms with E-state index in [0.29, 0.717) is 11.1 Å². The average Bonchev–Trinajstić information content (AvgIpc) is 2.32. The molecule has 0 radical (unpaired) electrons. The van der Waals surface area contributed by atoms with Crippen molar-refractivity contribution in [3.63, 3.8) is 0 Å². The molecule has 1 rings (SSSR count). The van der Waals surface area contributed by atoms with E-state index < -0.39 is 10.0 Å². The lowest BCUT2D eigenvalue weighted by atomic mass is 10.1. The molecule has 0 aromatic heterocycles. The number of nitrogens with one attached hydrogen (secondary N) is 2. The second-order valence-corrected chi connectivity index (χ2v) is 5.83. The third-order valence-corrected chi connectivity index (χ3v) is 3.79. The summed E-state index contributed by atoms with van der Waals surface area (Å²) in [5.41, 5.74) is 0.970. The fourth-order valence-electron chi connectivity index (χ4n) is 1.30. The quantitative estimate of drug-likeness (QED) is 0.702. The molecule has 18 heavy (non-hydrogen) atoms. The minimum absolute atomic E-state index is 0.0297. The van der Waals surface area contributed by atoms with E-state index in [1.165, 1.54) is 25.2 Å². The maximum absolute atomic E-state index is 11.7. The van der Waals surface area contributed by atoms with Crippen molar-refractivity contribution < 1.29 is 18.3 Å². The van der Waals surface area contributed by atoms with Crippen molar-refractivity contribution in [3.8, 4) is 5.75 Å². The standard InChI is InChI=1S/C11H16N2O4S/c1-8-7-9(3-4-10(8)14)11(15)13-5-6-18(16,17)12-2/h3-4,7,12,14H,5-6H2,1-2H3,(H,13,15). The molecule has 0 unspecified atom stereocenters. The number of hydrogen-bond acceptors (Lipinski definition) is 4. The minimum Gasteiger partial charge on any atom is -0.508 e. The molecule has 0 aliphatic carbocycles. The summed E-state index contributed by atoms with van der Waals surface area (Å²) in [5, 5.41) is 11.8. The smallest absolute Gasteiger partial charge is 0.251 e. The number of carbonyl (C=O) groups is 1. The molecule has 0 atom stereocenters. The Balaban J connectivity index is 2.58. The number of sulfonamides is 1. The number of hydrogen-bond donors (Lipinski definition) is 3. The molecule has 0 saturated carbocycles. The summed E-state index contributed by atoms with van der Waals surface area (Å²) in [6.45, 7) is 1.71. The minimum atomic E-state index is -3.32. The number of carbonyl (C=O) groups excluding carboxylic acids is 1. The van der Waals surface area contributed by atoms with Crippen molar-refractivity contribution >= 4 is 15.9 Å². The molecule has 1 amide bonds. The van der Waals surface area contributed by atoms with Crippen molar-refractivity contribution in [2.24, 2.45) is 0 Å². The monoisotopic (exact) mass is 272 g/mol. The molecule has 0 bridgehead atoms. The molecule has 1 aromatic carbocycles. The van der Waals surface area contributed by atoms with Crippen molar-refractivity contribution in [3.05, 3.63) is 29.3 Å². The summed E-state index contributed by atoms with van der Waals surface area (Å²) in [4.78, 5) is 11.7. The van der Waals surface area contributed by atoms with Crippen LogP contribution in [0.4, 0.5) is 0 Å². The predicted octanol–water partition coefficient (Wildman–Crippen LogP) is -0.0204. The van der Waals surface area contributed by atoms with Crippen LogP contribution in [0, 0.1) is 6.92 Å². The van der Waals surface area contributed by atoms with Crippen LogP contribution < -0.4 is 10.0 Å². The molecule has 1 aromatic rings. The van der Waals surface area contributed by atoms with Gasteiger partial charge in [-0.1, -0.05) is 0 Å². The fourth-order valence-corrected chi connectivity index (χ4v) is 1.87. The summed E-state index contributed by atoms with van der Waals surface area (Å²) < 4.78 is 24.4. The molecule has 0 aliphatic heterocycles. The first-order valence-corrected chi connectivity index (χ1v) is 7.00. The summed E-state index contributed by atoms with van der Waals surface area (Å²) in [5.74, 6) is -0.430. The summed E-state index contributed by atoms with van der Waals surface area (Å²) >= 11 is 0. The first-order chi connectivity index (χ1) is 8.35. The van der Waals surface area contributed by atoms with Crippen LogP contribution in [0.3, 0.4) is 0 Å². The van der Waals surface area contributed by atoms with Gasteiger partial charge in [0.2, 0.25) is 10.0 Å². The van der Waals surface area contributed by atoms with Crippen LogP contribution in [0.15, 0.2) is 18.2 Å². The highest BCUT2D eigenvalue weighted by atomic mass is 32.2. The van der Waals surface area contributed by atoms with E-state index in [1.807, 2.05) is 0 Å². The number of rotatable bonds is 5. The van der Waals surface area contributed by atoms with Gasteiger partial charge in [-0.25, -0.2) is 13.1 Å². The summed E-state index contributed by atoms with van der Waals surface area (Å²) in [6.07, 6.45) is 0. The van der Waals surface area contributed by atoms with E-state index in [1.54, 1.807) is 6.92 Å². The van der Waals surface area contributed by atoms with Crippen molar-refractivity contribution in [1.29, 1.82) is 0 Å². The molecule has 0 fully saturated rings. The molecule has 3 N–H and O–H groups in total. The Morgan fingerprint density at radius 3 is 2.61 bits per heavy atom. The highest BCUT2D eigenvalue weighted by Crippen LogP contribution is 2.16. The van der Waals surface area contributed by atoms with Crippen molar-refractivity contribution in [2.45, 2.75) is 6.92 Å². The maximum Gasteiger partial charge on any atom is 0.251 e. The molecule has 100 valence electrons. The van der Waals surface area contributed by atoms with E-state index in [-0.39, 0.29) is 24.0 Å². The van der Waals surface area contributed by atoms with Gasteiger partial charge in [0.05, 0.1) is 5.75 Å². The van der Waals surface area contributed by atoms with Crippen LogP contribution in [0.25, 0.3) is 0 Å². The van der Waals surface area contributed by atoms with Gasteiger partial charge in [-0.05, 0) is 37.7 Å². The van der Waals surface area contributed by atoms with Crippen LogP contribution in [0.5, 0.6) is 5.75 Å². The lowest BCUT2D eigenvalue weighted by Crippen LogP contribution is -2.32. The number of phenols is 1. The highest BCUT2D eigenvalue weighted by molar-refractivity contribution is 7.89. The molecular formula is C11H16N2O4S. The SMILES string of the molecule is CNS(=O)(=O)CCNC(=O)c1ccc(O)c(C)c1. The normalized spacial score (nSPS) is 11.2. The van der Waals surface area contributed by atoms with Crippen LogP contribution in [0.2, 0.25) is 0 Å². The van der Waals surface area contributed by atoms with Gasteiger partial charge in [0.1, 0.15) is 5.75 Å². The lowest BCUT2D eigenvalue weighted by molar-refractivity contribution is 0.0956. The fraction of sp³-hybridized carbons (Fsp3) is 0.364. The first kappa shape index (κ1) is 14.5. The van der Waals surface area contributed by atoms with Crippen molar-refractivity contribution in [2.75, 3.05) is 19.3 Å². The Hall–Kier alpha value is -1.60. The maximum atomic E-state index is 11.7. The van der Waals surface area contributed by atoms with Gasteiger partial charge in [-0.3, -0.25) is 4.79 Å². The second kappa shape index (κ2) is 5.83. The largest absolute Gasteiger partial charge is 0.508 e. The average molecular weight is 272 g/mol. The van der Waals surface area contributed by atoms with Gasteiger partial charge < -0.3 is 10.4 Å². The van der Waals surface area contributed by atoms with Crippen LogP contribution in [-0.4, -0.2) is 38.8 Å². The zero-order valence-corrected chi connectivity index (χ0v) is 11.0. The Kier molecular flexibility index (Phi) is 4.69. The summed E-state index contributed by atoms with van der Waals surface area (Å²) in [6, 6.07) is 4.44. The third-order valence-electron chi connectivity index (χ3n) is 2.43. The topological polar surface area (TPSA) is 95.5 Å². The molecule has 6 nitrogen and oxygen atoms in total. The van der Waals surface area contributed by atoms with E-state index in [9.17, 15) is 18.3 Å². The molecule has 0 heterocycles. The van der Waals surface area contributed by atoms with E-state index in [2.05, 4.69) is 10.0 Å². The van der Waals surface area contributed by atoms with Crippen LogP contribution >= 0.6 is 0 Å². The van der Waals surface area contributed by atoms with E-state index in [0.717, 1.165) is 0 Å². The zero-order chi connectivity index (χ0) is 13.8. The Bertz CT molecular complexity index is 540. The number of aromatic hydroxyl groups is 1. The zero-order valence-electron chi connectivity index (χ0n) is 10.2. The van der Waals surface area contributed by atoms with Gasteiger partial charge >= 0.3 is 0 Å². The van der Waals surface area contributed by atoms with Gasteiger partial charge in [-0.2, -0.15) is 0 Å². The molecule has 0 saturated heterocycles. The van der Waals surface area contributed by atoms with Crippen molar-refractivity contribution in [1.82, 2.24) is 10.0 Å². The lowest BCUT2D eigenvalue weighted by Gasteiger charge is -2.07. The van der Waals surface area contributed by atoms with Crippen LogP contribution in [-0.2, 0) is 10.0 Å². The Morgan fingerprint density at radius 1 is 1.39 bits per heavy atom. The Morgan fingerprint density at radius 2 is 2.06 bits per heavy atom. The summed E-state index contributed by atoms with van der Waals surface area (Å²) in [7, 11) is -2.00. The highest BCUT2D eigenvalue weighted by Gasteiger charge is 2.10. The Labute approximate surface area is 106 Å². The molecule has 0 spiro atoms. The second-order valence-electron chi connectivity index (χ2n) is 3.78.